The highest BCUT2D eigenvalue weighted by atomic mass is 16.7. The Morgan fingerprint density at radius 2 is 1.78 bits per heavy atom. The fraction of sp³-hybridized carbons (Fsp3) is 0.900. The van der Waals surface area contributed by atoms with Crippen molar-refractivity contribution in [3.63, 3.8) is 0 Å². The molecule has 7 heteroatoms. The highest BCUT2D eigenvalue weighted by molar-refractivity contribution is 5.73. The first-order valence-corrected chi connectivity index (χ1v) is 10.3. The molecule has 154 valence electrons. The molecule has 0 spiro atoms. The van der Waals surface area contributed by atoms with E-state index in [9.17, 15) is 9.59 Å². The summed E-state index contributed by atoms with van der Waals surface area (Å²) in [6, 6.07) is 0.376. The highest BCUT2D eigenvalue weighted by Gasteiger charge is 2.40. The normalized spacial score (nSPS) is 35.0. The van der Waals surface area contributed by atoms with Crippen molar-refractivity contribution < 1.29 is 28.5 Å². The molecule has 0 aromatic rings. The van der Waals surface area contributed by atoms with Gasteiger partial charge in [-0.15, -0.1) is 0 Å². The second-order valence-corrected chi connectivity index (χ2v) is 7.96. The lowest BCUT2D eigenvalue weighted by atomic mass is 9.91. The summed E-state index contributed by atoms with van der Waals surface area (Å²) in [5.74, 6) is -0.487. The van der Waals surface area contributed by atoms with Crippen LogP contribution < -0.4 is 0 Å². The fourth-order valence-electron chi connectivity index (χ4n) is 4.79. The lowest BCUT2D eigenvalue weighted by Crippen LogP contribution is -2.45. The van der Waals surface area contributed by atoms with E-state index in [2.05, 4.69) is 4.90 Å². The molecule has 7 nitrogen and oxygen atoms in total. The van der Waals surface area contributed by atoms with Crippen LogP contribution in [-0.2, 0) is 28.5 Å². The quantitative estimate of drug-likeness (QED) is 0.674. The largest absolute Gasteiger partial charge is 0.469 e. The molecule has 27 heavy (non-hydrogen) atoms. The predicted octanol–water partition coefficient (Wildman–Crippen LogP) is 2.27. The number of ether oxygens (including phenoxy) is 4. The van der Waals surface area contributed by atoms with Crippen molar-refractivity contribution in [1.29, 1.82) is 0 Å². The third kappa shape index (κ3) is 5.42. The van der Waals surface area contributed by atoms with E-state index >= 15 is 0 Å². The third-order valence-electron chi connectivity index (χ3n) is 6.26. The topological polar surface area (TPSA) is 74.3 Å². The zero-order chi connectivity index (χ0) is 19.2. The summed E-state index contributed by atoms with van der Waals surface area (Å²) in [5.41, 5.74) is 0. The second kappa shape index (κ2) is 9.85. The zero-order valence-corrected chi connectivity index (χ0v) is 16.6. The summed E-state index contributed by atoms with van der Waals surface area (Å²) in [6.45, 7) is 1.04. The van der Waals surface area contributed by atoms with Gasteiger partial charge in [0.15, 0.2) is 6.29 Å². The van der Waals surface area contributed by atoms with Gasteiger partial charge in [-0.25, -0.2) is 0 Å². The standard InChI is InChI=1S/C20H33NO6/c1-24-18(22)13-21-15-7-6-14(20(23)25-2)11-16(21)12-17(9-8-15)27-19-5-3-4-10-26-19/h14-17,19H,3-13H2,1-2H3. The number of hydrogen-bond donors (Lipinski definition) is 0. The molecule has 0 aromatic heterocycles. The first-order valence-electron chi connectivity index (χ1n) is 10.3. The SMILES string of the molecule is COC(=O)CN1C2CCC(OC3CCCCO3)CC1CC(C(=O)OC)CC2. The van der Waals surface area contributed by atoms with Gasteiger partial charge in [-0.1, -0.05) is 0 Å². The Morgan fingerprint density at radius 3 is 2.48 bits per heavy atom. The van der Waals surface area contributed by atoms with Gasteiger partial charge in [-0.3, -0.25) is 14.5 Å². The molecule has 3 saturated heterocycles. The minimum absolute atomic E-state index is 0.0969. The van der Waals surface area contributed by atoms with Crippen LogP contribution in [0.15, 0.2) is 0 Å². The average Bonchev–Trinajstić information content (AvgIpc) is 2.96. The minimum Gasteiger partial charge on any atom is -0.469 e. The number of hydrogen-bond acceptors (Lipinski definition) is 7. The molecule has 3 heterocycles. The van der Waals surface area contributed by atoms with Gasteiger partial charge in [0.05, 0.1) is 32.8 Å². The molecule has 3 aliphatic rings. The van der Waals surface area contributed by atoms with Gasteiger partial charge < -0.3 is 18.9 Å². The molecule has 0 N–H and O–H groups in total. The number of nitrogens with zero attached hydrogens (tertiary/aromatic N) is 1. The van der Waals surface area contributed by atoms with Crippen LogP contribution in [-0.4, -0.2) is 68.7 Å². The van der Waals surface area contributed by atoms with Crippen LogP contribution in [0.1, 0.15) is 57.8 Å². The summed E-state index contributed by atoms with van der Waals surface area (Å²) in [5, 5.41) is 0. The molecule has 3 fully saturated rings. The molecule has 0 aliphatic carbocycles. The van der Waals surface area contributed by atoms with Crippen LogP contribution in [0.25, 0.3) is 0 Å². The Labute approximate surface area is 161 Å². The first-order chi connectivity index (χ1) is 13.1. The summed E-state index contributed by atoms with van der Waals surface area (Å²) in [7, 11) is 2.87. The smallest absolute Gasteiger partial charge is 0.319 e. The number of carbonyl (C=O) groups is 2. The summed E-state index contributed by atoms with van der Waals surface area (Å²) in [4.78, 5) is 26.4. The Kier molecular flexibility index (Phi) is 7.49. The zero-order valence-electron chi connectivity index (χ0n) is 16.6. The van der Waals surface area contributed by atoms with E-state index < -0.39 is 0 Å². The Bertz CT molecular complexity index is 507. The predicted molar refractivity (Wildman–Crippen MR) is 98.0 cm³/mol. The van der Waals surface area contributed by atoms with Gasteiger partial charge in [-0.2, -0.15) is 0 Å². The van der Waals surface area contributed by atoms with Crippen molar-refractivity contribution in [1.82, 2.24) is 4.90 Å². The van der Waals surface area contributed by atoms with E-state index in [4.69, 9.17) is 18.9 Å². The van der Waals surface area contributed by atoms with E-state index in [0.29, 0.717) is 6.42 Å². The monoisotopic (exact) mass is 383 g/mol. The van der Waals surface area contributed by atoms with E-state index in [1.165, 1.54) is 14.2 Å². The van der Waals surface area contributed by atoms with E-state index in [-0.39, 0.29) is 48.9 Å². The fourth-order valence-corrected chi connectivity index (χ4v) is 4.79. The van der Waals surface area contributed by atoms with Crippen LogP contribution >= 0.6 is 0 Å². The number of fused-ring (bicyclic) bond motifs is 2. The minimum atomic E-state index is -0.225. The lowest BCUT2D eigenvalue weighted by Gasteiger charge is -2.34. The number of rotatable bonds is 5. The number of methoxy groups -OCH3 is 2. The molecule has 5 atom stereocenters. The van der Waals surface area contributed by atoms with Gasteiger partial charge in [0.2, 0.25) is 0 Å². The molecule has 0 amide bonds. The summed E-state index contributed by atoms with van der Waals surface area (Å²) >= 11 is 0. The first kappa shape index (κ1) is 20.6. The number of esters is 2. The van der Waals surface area contributed by atoms with E-state index in [1.807, 2.05) is 0 Å². The van der Waals surface area contributed by atoms with Crippen LogP contribution in [0.4, 0.5) is 0 Å². The van der Waals surface area contributed by atoms with Crippen molar-refractivity contribution >= 4 is 11.9 Å². The maximum Gasteiger partial charge on any atom is 0.319 e. The molecule has 0 radical (unpaired) electrons. The van der Waals surface area contributed by atoms with Crippen LogP contribution in [0.3, 0.4) is 0 Å². The van der Waals surface area contributed by atoms with Gasteiger partial charge in [0.1, 0.15) is 0 Å². The molecular formula is C20H33NO6. The lowest BCUT2D eigenvalue weighted by molar-refractivity contribution is -0.191. The maximum absolute atomic E-state index is 12.2. The van der Waals surface area contributed by atoms with Crippen LogP contribution in [0.5, 0.6) is 0 Å². The Balaban J connectivity index is 1.72. The van der Waals surface area contributed by atoms with Crippen molar-refractivity contribution in [3.8, 4) is 0 Å². The third-order valence-corrected chi connectivity index (χ3v) is 6.26. The van der Waals surface area contributed by atoms with E-state index in [0.717, 1.165) is 58.0 Å². The molecule has 3 rings (SSSR count). The van der Waals surface area contributed by atoms with Crippen molar-refractivity contribution in [2.24, 2.45) is 5.92 Å². The van der Waals surface area contributed by atoms with Crippen LogP contribution in [0.2, 0.25) is 0 Å². The molecule has 0 aromatic carbocycles. The molecule has 3 aliphatic heterocycles. The van der Waals surface area contributed by atoms with Gasteiger partial charge in [-0.05, 0) is 57.8 Å². The molecular weight excluding hydrogens is 350 g/mol. The Hall–Kier alpha value is -1.18. The van der Waals surface area contributed by atoms with Crippen molar-refractivity contribution in [2.45, 2.75) is 82.3 Å². The maximum atomic E-state index is 12.2. The van der Waals surface area contributed by atoms with Crippen molar-refractivity contribution in [2.75, 3.05) is 27.4 Å². The number of carbonyl (C=O) groups excluding carboxylic acids is 2. The summed E-state index contributed by atoms with van der Waals surface area (Å²) < 4.78 is 22.0. The van der Waals surface area contributed by atoms with Gasteiger partial charge in [0.25, 0.3) is 0 Å². The van der Waals surface area contributed by atoms with Crippen molar-refractivity contribution in [3.05, 3.63) is 0 Å². The molecule has 0 saturated carbocycles. The van der Waals surface area contributed by atoms with Gasteiger partial charge in [0, 0.05) is 18.7 Å². The average molecular weight is 383 g/mol. The highest BCUT2D eigenvalue weighted by Crippen LogP contribution is 2.36. The summed E-state index contributed by atoms with van der Waals surface area (Å²) in [6.07, 6.45) is 8.29. The van der Waals surface area contributed by atoms with Crippen LogP contribution in [0, 0.1) is 5.92 Å². The molecule has 2 bridgehead atoms. The van der Waals surface area contributed by atoms with E-state index in [1.54, 1.807) is 0 Å². The van der Waals surface area contributed by atoms with Gasteiger partial charge >= 0.3 is 11.9 Å². The second-order valence-electron chi connectivity index (χ2n) is 7.96. The Morgan fingerprint density at radius 1 is 0.963 bits per heavy atom. The molecule has 5 unspecified atom stereocenters.